The molecule has 1 atom stereocenters. The summed E-state index contributed by atoms with van der Waals surface area (Å²) in [4.78, 5) is 28.1. The zero-order valence-electron chi connectivity index (χ0n) is 14.1. The van der Waals surface area contributed by atoms with E-state index in [1.54, 1.807) is 24.3 Å². The molecule has 0 saturated heterocycles. The van der Waals surface area contributed by atoms with Gasteiger partial charge < -0.3 is 10.4 Å². The normalized spacial score (nSPS) is 12.2. The number of hydrogen-bond donors (Lipinski definition) is 2. The standard InChI is InChI=1S/C18H22N2O3S/c1-11(2)8-14(18(22)23)9-19-17(21)15-4-5-16(20-12(15)3)13-6-7-24-10-13/h4-7,10-11,14H,8-9H2,1-3H3,(H,19,21)(H,22,23). The number of amides is 1. The van der Waals surface area contributed by atoms with Gasteiger partial charge in [-0.25, -0.2) is 0 Å². The highest BCUT2D eigenvalue weighted by Gasteiger charge is 2.20. The molecule has 5 nitrogen and oxygen atoms in total. The number of carbonyl (C=O) groups is 2. The van der Waals surface area contributed by atoms with Crippen molar-refractivity contribution in [3.05, 3.63) is 40.2 Å². The molecule has 0 aliphatic carbocycles. The van der Waals surface area contributed by atoms with E-state index in [1.165, 1.54) is 0 Å². The summed E-state index contributed by atoms with van der Waals surface area (Å²) in [6, 6.07) is 5.53. The molecule has 6 heteroatoms. The van der Waals surface area contributed by atoms with E-state index >= 15 is 0 Å². The van der Waals surface area contributed by atoms with Crippen LogP contribution in [0.2, 0.25) is 0 Å². The highest BCUT2D eigenvalue weighted by molar-refractivity contribution is 7.08. The van der Waals surface area contributed by atoms with Gasteiger partial charge in [-0.15, -0.1) is 0 Å². The van der Waals surface area contributed by atoms with Gasteiger partial charge in [0.2, 0.25) is 0 Å². The molecule has 1 amide bonds. The Morgan fingerprint density at radius 3 is 2.58 bits per heavy atom. The number of carboxylic acid groups (broad SMARTS) is 1. The van der Waals surface area contributed by atoms with E-state index in [4.69, 9.17) is 0 Å². The first kappa shape index (κ1) is 18.1. The molecule has 0 aliphatic rings. The van der Waals surface area contributed by atoms with Gasteiger partial charge in [0.25, 0.3) is 5.91 Å². The lowest BCUT2D eigenvalue weighted by Crippen LogP contribution is -2.34. The van der Waals surface area contributed by atoms with Gasteiger partial charge in [0.1, 0.15) is 0 Å². The topological polar surface area (TPSA) is 79.3 Å². The predicted molar refractivity (Wildman–Crippen MR) is 95.2 cm³/mol. The van der Waals surface area contributed by atoms with Crippen molar-refractivity contribution in [1.82, 2.24) is 10.3 Å². The lowest BCUT2D eigenvalue weighted by molar-refractivity contribution is -0.142. The maximum absolute atomic E-state index is 12.3. The zero-order valence-corrected chi connectivity index (χ0v) is 14.9. The number of aliphatic carboxylic acids is 1. The van der Waals surface area contributed by atoms with Gasteiger partial charge in [-0.3, -0.25) is 14.6 Å². The molecule has 2 rings (SSSR count). The maximum atomic E-state index is 12.3. The molecule has 0 spiro atoms. The van der Waals surface area contributed by atoms with E-state index < -0.39 is 11.9 Å². The van der Waals surface area contributed by atoms with Crippen LogP contribution >= 0.6 is 11.3 Å². The first-order valence-corrected chi connectivity index (χ1v) is 8.84. The molecule has 2 N–H and O–H groups in total. The zero-order chi connectivity index (χ0) is 17.7. The molecule has 0 bridgehead atoms. The molecule has 0 fully saturated rings. The summed E-state index contributed by atoms with van der Waals surface area (Å²) in [6.45, 7) is 5.84. The van der Waals surface area contributed by atoms with E-state index in [0.717, 1.165) is 11.3 Å². The molecule has 24 heavy (non-hydrogen) atoms. The second kappa shape index (κ2) is 8.06. The fraction of sp³-hybridized carbons (Fsp3) is 0.389. The number of nitrogens with one attached hydrogen (secondary N) is 1. The van der Waals surface area contributed by atoms with Crippen molar-refractivity contribution in [1.29, 1.82) is 0 Å². The van der Waals surface area contributed by atoms with E-state index in [9.17, 15) is 14.7 Å². The lowest BCUT2D eigenvalue weighted by Gasteiger charge is -2.16. The van der Waals surface area contributed by atoms with Gasteiger partial charge in [-0.05, 0) is 42.8 Å². The number of aromatic nitrogens is 1. The van der Waals surface area contributed by atoms with Crippen LogP contribution in [-0.2, 0) is 4.79 Å². The lowest BCUT2D eigenvalue weighted by atomic mass is 9.97. The van der Waals surface area contributed by atoms with E-state index in [-0.39, 0.29) is 18.4 Å². The Hall–Kier alpha value is -2.21. The molecular weight excluding hydrogens is 324 g/mol. The minimum atomic E-state index is -0.883. The highest BCUT2D eigenvalue weighted by atomic mass is 32.1. The number of thiophene rings is 1. The third kappa shape index (κ3) is 4.64. The van der Waals surface area contributed by atoms with Gasteiger partial charge in [0.15, 0.2) is 0 Å². The second-order valence-corrected chi connectivity index (χ2v) is 7.00. The number of nitrogens with zero attached hydrogens (tertiary/aromatic N) is 1. The highest BCUT2D eigenvalue weighted by Crippen LogP contribution is 2.21. The third-order valence-corrected chi connectivity index (χ3v) is 4.44. The van der Waals surface area contributed by atoms with Crippen LogP contribution in [0.15, 0.2) is 29.0 Å². The van der Waals surface area contributed by atoms with Gasteiger partial charge >= 0.3 is 5.97 Å². The van der Waals surface area contributed by atoms with Crippen LogP contribution in [0.4, 0.5) is 0 Å². The van der Waals surface area contributed by atoms with Crippen molar-refractivity contribution >= 4 is 23.2 Å². The maximum Gasteiger partial charge on any atom is 0.308 e. The van der Waals surface area contributed by atoms with Crippen molar-refractivity contribution in [2.45, 2.75) is 27.2 Å². The average Bonchev–Trinajstić information content (AvgIpc) is 3.04. The molecule has 0 aliphatic heterocycles. The van der Waals surface area contributed by atoms with E-state index in [0.29, 0.717) is 17.7 Å². The van der Waals surface area contributed by atoms with Crippen LogP contribution in [0.1, 0.15) is 36.3 Å². The summed E-state index contributed by atoms with van der Waals surface area (Å²) in [5.74, 6) is -1.48. The predicted octanol–water partition coefficient (Wildman–Crippen LogP) is 3.60. The van der Waals surface area contributed by atoms with Crippen molar-refractivity contribution < 1.29 is 14.7 Å². The summed E-state index contributed by atoms with van der Waals surface area (Å²) < 4.78 is 0. The minimum Gasteiger partial charge on any atom is -0.481 e. The van der Waals surface area contributed by atoms with Gasteiger partial charge in [0, 0.05) is 17.5 Å². The first-order valence-electron chi connectivity index (χ1n) is 7.89. The summed E-state index contributed by atoms with van der Waals surface area (Å²) in [6.07, 6.45) is 0.532. The van der Waals surface area contributed by atoms with Crippen molar-refractivity contribution in [2.75, 3.05) is 6.54 Å². The van der Waals surface area contributed by atoms with Crippen LogP contribution in [-0.4, -0.2) is 28.5 Å². The number of rotatable bonds is 7. The molecule has 0 aromatic carbocycles. The summed E-state index contributed by atoms with van der Waals surface area (Å²) in [5, 5.41) is 15.9. The van der Waals surface area contributed by atoms with Crippen LogP contribution in [0, 0.1) is 18.8 Å². The third-order valence-electron chi connectivity index (χ3n) is 3.76. The molecule has 1 unspecified atom stereocenters. The molecular formula is C18H22N2O3S. The molecule has 0 saturated carbocycles. The first-order chi connectivity index (χ1) is 11.4. The fourth-order valence-corrected chi connectivity index (χ4v) is 3.17. The van der Waals surface area contributed by atoms with Crippen molar-refractivity contribution in [2.24, 2.45) is 11.8 Å². The number of hydrogen-bond acceptors (Lipinski definition) is 4. The Morgan fingerprint density at radius 2 is 2.04 bits per heavy atom. The Bertz CT molecular complexity index is 711. The fourth-order valence-electron chi connectivity index (χ4n) is 2.52. The monoisotopic (exact) mass is 346 g/mol. The average molecular weight is 346 g/mol. The Kier molecular flexibility index (Phi) is 6.09. The minimum absolute atomic E-state index is 0.123. The molecule has 2 aromatic rings. The van der Waals surface area contributed by atoms with E-state index in [1.807, 2.05) is 36.7 Å². The molecule has 0 radical (unpaired) electrons. The van der Waals surface area contributed by atoms with E-state index in [2.05, 4.69) is 10.3 Å². The number of carboxylic acids is 1. The molecule has 128 valence electrons. The summed E-state index contributed by atoms with van der Waals surface area (Å²) in [7, 11) is 0. The Balaban J connectivity index is 2.05. The smallest absolute Gasteiger partial charge is 0.308 e. The van der Waals surface area contributed by atoms with Crippen molar-refractivity contribution in [3.8, 4) is 11.3 Å². The largest absolute Gasteiger partial charge is 0.481 e. The Labute approximate surface area is 145 Å². The number of carbonyl (C=O) groups excluding carboxylic acids is 1. The van der Waals surface area contributed by atoms with Gasteiger partial charge in [0.05, 0.1) is 22.9 Å². The molecule has 2 aromatic heterocycles. The van der Waals surface area contributed by atoms with Gasteiger partial charge in [-0.2, -0.15) is 11.3 Å². The quantitative estimate of drug-likeness (QED) is 0.803. The SMILES string of the molecule is Cc1nc(-c2ccsc2)ccc1C(=O)NCC(CC(C)C)C(=O)O. The van der Waals surface area contributed by atoms with Crippen LogP contribution < -0.4 is 5.32 Å². The Morgan fingerprint density at radius 1 is 1.29 bits per heavy atom. The van der Waals surface area contributed by atoms with Crippen LogP contribution in [0.5, 0.6) is 0 Å². The van der Waals surface area contributed by atoms with Crippen LogP contribution in [0.25, 0.3) is 11.3 Å². The van der Waals surface area contributed by atoms with Gasteiger partial charge in [-0.1, -0.05) is 13.8 Å². The second-order valence-electron chi connectivity index (χ2n) is 6.22. The van der Waals surface area contributed by atoms with Crippen LogP contribution in [0.3, 0.4) is 0 Å². The van der Waals surface area contributed by atoms with Crippen molar-refractivity contribution in [3.63, 3.8) is 0 Å². The number of aryl methyl sites for hydroxylation is 1. The summed E-state index contributed by atoms with van der Waals surface area (Å²) in [5.41, 5.74) is 2.96. The molecule has 2 heterocycles. The number of pyridine rings is 1. The summed E-state index contributed by atoms with van der Waals surface area (Å²) >= 11 is 1.59.